The van der Waals surface area contributed by atoms with Gasteiger partial charge in [0.2, 0.25) is 5.88 Å². The number of H-pyrrole nitrogens is 1. The molecule has 0 aliphatic heterocycles. The van der Waals surface area contributed by atoms with E-state index in [4.69, 9.17) is 4.74 Å². The van der Waals surface area contributed by atoms with Gasteiger partial charge < -0.3 is 9.84 Å². The fourth-order valence-electron chi connectivity index (χ4n) is 2.56. The molecule has 3 rings (SSSR count). The SMILES string of the molecule is CC(C)c1ccc(CCOc2ccc(Cc3sc(=O)[nH]c3O)cc2)nc1. The first-order valence-corrected chi connectivity index (χ1v) is 9.40. The van der Waals surface area contributed by atoms with Crippen LogP contribution in [-0.4, -0.2) is 21.7 Å². The molecule has 2 aromatic heterocycles. The molecule has 6 heteroatoms. The Balaban J connectivity index is 1.51. The number of rotatable bonds is 7. The predicted octanol–water partition coefficient (Wildman–Crippen LogP) is 3.87. The van der Waals surface area contributed by atoms with Crippen LogP contribution in [0.15, 0.2) is 47.4 Å². The number of aromatic amines is 1. The Morgan fingerprint density at radius 1 is 1.19 bits per heavy atom. The number of benzene rings is 1. The molecule has 0 bridgehead atoms. The lowest BCUT2D eigenvalue weighted by atomic mass is 10.1. The highest BCUT2D eigenvalue weighted by molar-refractivity contribution is 7.09. The maximum absolute atomic E-state index is 11.2. The van der Waals surface area contributed by atoms with E-state index in [0.717, 1.165) is 34.8 Å². The van der Waals surface area contributed by atoms with Gasteiger partial charge in [0.1, 0.15) is 5.75 Å². The van der Waals surface area contributed by atoms with Crippen LogP contribution in [0.5, 0.6) is 11.6 Å². The van der Waals surface area contributed by atoms with Crippen molar-refractivity contribution in [2.45, 2.75) is 32.6 Å². The first-order valence-electron chi connectivity index (χ1n) is 8.59. The third kappa shape index (κ3) is 4.73. The van der Waals surface area contributed by atoms with Crippen molar-refractivity contribution in [1.29, 1.82) is 0 Å². The van der Waals surface area contributed by atoms with Crippen LogP contribution in [0.1, 0.15) is 41.5 Å². The van der Waals surface area contributed by atoms with E-state index in [-0.39, 0.29) is 10.8 Å². The third-order valence-corrected chi connectivity index (χ3v) is 5.00. The molecule has 136 valence electrons. The van der Waals surface area contributed by atoms with E-state index in [1.807, 2.05) is 30.5 Å². The average molecular weight is 370 g/mol. The van der Waals surface area contributed by atoms with Gasteiger partial charge in [0.05, 0.1) is 11.5 Å². The van der Waals surface area contributed by atoms with E-state index < -0.39 is 0 Å². The van der Waals surface area contributed by atoms with E-state index in [0.29, 0.717) is 23.8 Å². The summed E-state index contributed by atoms with van der Waals surface area (Å²) in [6.45, 7) is 4.87. The van der Waals surface area contributed by atoms with Crippen LogP contribution in [0.2, 0.25) is 0 Å². The summed E-state index contributed by atoms with van der Waals surface area (Å²) in [6.07, 6.45) is 3.20. The molecule has 3 aromatic rings. The molecular formula is C20H22N2O3S. The van der Waals surface area contributed by atoms with Crippen molar-refractivity contribution < 1.29 is 9.84 Å². The monoisotopic (exact) mass is 370 g/mol. The van der Waals surface area contributed by atoms with Crippen molar-refractivity contribution in [3.05, 3.63) is 74.0 Å². The number of nitrogens with one attached hydrogen (secondary N) is 1. The minimum absolute atomic E-state index is 0.0451. The lowest BCUT2D eigenvalue weighted by molar-refractivity contribution is 0.320. The third-order valence-electron chi connectivity index (χ3n) is 4.13. The van der Waals surface area contributed by atoms with Crippen molar-refractivity contribution >= 4 is 11.3 Å². The second kappa shape index (κ2) is 8.19. The first kappa shape index (κ1) is 18.2. The minimum Gasteiger partial charge on any atom is -0.494 e. The molecule has 26 heavy (non-hydrogen) atoms. The molecule has 0 fully saturated rings. The van der Waals surface area contributed by atoms with Crippen molar-refractivity contribution in [1.82, 2.24) is 9.97 Å². The number of ether oxygens (including phenoxy) is 1. The number of pyridine rings is 1. The summed E-state index contributed by atoms with van der Waals surface area (Å²) < 4.78 is 5.78. The molecule has 0 aliphatic carbocycles. The van der Waals surface area contributed by atoms with Crippen LogP contribution in [0, 0.1) is 0 Å². The number of thiazole rings is 1. The Labute approximate surface area is 156 Å². The zero-order valence-corrected chi connectivity index (χ0v) is 15.7. The van der Waals surface area contributed by atoms with Gasteiger partial charge in [0, 0.05) is 24.7 Å². The topological polar surface area (TPSA) is 75.2 Å². The lowest BCUT2D eigenvalue weighted by Crippen LogP contribution is -2.03. The summed E-state index contributed by atoms with van der Waals surface area (Å²) in [4.78, 5) is 18.5. The molecule has 0 unspecified atom stereocenters. The molecule has 0 amide bonds. The summed E-state index contributed by atoms with van der Waals surface area (Å²) >= 11 is 1.03. The Morgan fingerprint density at radius 2 is 1.96 bits per heavy atom. The fourth-order valence-corrected chi connectivity index (χ4v) is 3.32. The zero-order chi connectivity index (χ0) is 18.5. The van der Waals surface area contributed by atoms with Crippen molar-refractivity contribution in [2.75, 3.05) is 6.61 Å². The standard InChI is InChI=1S/C20H22N2O3S/c1-13(2)15-5-6-16(21-12-15)9-10-25-17-7-3-14(4-8-17)11-18-19(23)22-20(24)26-18/h3-8,12-13,23H,9-11H2,1-2H3,(H,22,24). The quantitative estimate of drug-likeness (QED) is 0.662. The van der Waals surface area contributed by atoms with Crippen molar-refractivity contribution in [3.63, 3.8) is 0 Å². The molecule has 2 heterocycles. The molecule has 0 saturated heterocycles. The van der Waals surface area contributed by atoms with Crippen LogP contribution in [0.25, 0.3) is 0 Å². The summed E-state index contributed by atoms with van der Waals surface area (Å²) in [5.74, 6) is 1.23. The molecular weight excluding hydrogens is 348 g/mol. The van der Waals surface area contributed by atoms with Gasteiger partial charge in [-0.15, -0.1) is 0 Å². The van der Waals surface area contributed by atoms with E-state index >= 15 is 0 Å². The minimum atomic E-state index is -0.243. The maximum Gasteiger partial charge on any atom is 0.307 e. The van der Waals surface area contributed by atoms with Crippen LogP contribution in [0.3, 0.4) is 0 Å². The molecule has 0 atom stereocenters. The fraction of sp³-hybridized carbons (Fsp3) is 0.300. The van der Waals surface area contributed by atoms with Gasteiger partial charge in [-0.1, -0.05) is 43.4 Å². The Kier molecular flexibility index (Phi) is 5.73. The summed E-state index contributed by atoms with van der Waals surface area (Å²) in [6, 6.07) is 11.8. The summed E-state index contributed by atoms with van der Waals surface area (Å²) in [5, 5.41) is 9.64. The maximum atomic E-state index is 11.2. The van der Waals surface area contributed by atoms with Crippen molar-refractivity contribution in [2.24, 2.45) is 0 Å². The molecule has 0 spiro atoms. The van der Waals surface area contributed by atoms with Crippen LogP contribution in [-0.2, 0) is 12.8 Å². The van der Waals surface area contributed by atoms with Crippen LogP contribution < -0.4 is 9.61 Å². The van der Waals surface area contributed by atoms with E-state index in [1.54, 1.807) is 0 Å². The smallest absolute Gasteiger partial charge is 0.307 e. The van der Waals surface area contributed by atoms with Gasteiger partial charge in [-0.3, -0.25) is 14.8 Å². The highest BCUT2D eigenvalue weighted by Gasteiger charge is 2.08. The second-order valence-electron chi connectivity index (χ2n) is 6.44. The van der Waals surface area contributed by atoms with Gasteiger partial charge >= 0.3 is 4.87 Å². The number of aromatic hydroxyl groups is 1. The van der Waals surface area contributed by atoms with E-state index in [9.17, 15) is 9.90 Å². The predicted molar refractivity (Wildman–Crippen MR) is 103 cm³/mol. The molecule has 0 aliphatic rings. The molecule has 2 N–H and O–H groups in total. The normalized spacial score (nSPS) is 11.0. The van der Waals surface area contributed by atoms with Gasteiger partial charge in [-0.05, 0) is 35.2 Å². The molecule has 5 nitrogen and oxygen atoms in total. The number of hydrogen-bond acceptors (Lipinski definition) is 5. The highest BCUT2D eigenvalue weighted by atomic mass is 32.1. The van der Waals surface area contributed by atoms with Crippen LogP contribution >= 0.6 is 11.3 Å². The Hall–Kier alpha value is -2.60. The average Bonchev–Trinajstić information content (AvgIpc) is 2.94. The van der Waals surface area contributed by atoms with Gasteiger partial charge in [0.15, 0.2) is 0 Å². The molecule has 1 aromatic carbocycles. The van der Waals surface area contributed by atoms with Crippen molar-refractivity contribution in [3.8, 4) is 11.6 Å². The van der Waals surface area contributed by atoms with E-state index in [1.165, 1.54) is 5.56 Å². The Bertz CT molecular complexity index is 896. The van der Waals surface area contributed by atoms with Crippen LogP contribution in [0.4, 0.5) is 0 Å². The molecule has 0 saturated carbocycles. The van der Waals surface area contributed by atoms with Gasteiger partial charge in [-0.25, -0.2) is 0 Å². The highest BCUT2D eigenvalue weighted by Crippen LogP contribution is 2.22. The van der Waals surface area contributed by atoms with E-state index in [2.05, 4.69) is 35.9 Å². The zero-order valence-electron chi connectivity index (χ0n) is 14.9. The second-order valence-corrected chi connectivity index (χ2v) is 7.51. The lowest BCUT2D eigenvalue weighted by Gasteiger charge is -2.08. The summed E-state index contributed by atoms with van der Waals surface area (Å²) in [5.41, 5.74) is 3.27. The first-order chi connectivity index (χ1) is 12.5. The number of aromatic nitrogens is 2. The number of hydrogen-bond donors (Lipinski definition) is 2. The van der Waals surface area contributed by atoms with Gasteiger partial charge in [-0.2, -0.15) is 0 Å². The number of nitrogens with zero attached hydrogens (tertiary/aromatic N) is 1. The Morgan fingerprint density at radius 3 is 2.54 bits per heavy atom. The summed E-state index contributed by atoms with van der Waals surface area (Å²) in [7, 11) is 0. The molecule has 0 radical (unpaired) electrons. The largest absolute Gasteiger partial charge is 0.494 e. The van der Waals surface area contributed by atoms with Gasteiger partial charge in [0.25, 0.3) is 0 Å².